The Morgan fingerprint density at radius 1 is 1.43 bits per heavy atom. The Labute approximate surface area is 147 Å². The average molecular weight is 393 g/mol. The molecule has 0 aliphatic carbocycles. The van der Waals surface area contributed by atoms with Crippen molar-refractivity contribution in [3.05, 3.63) is 34.7 Å². The normalized spacial score (nSPS) is 17.9. The van der Waals surface area contributed by atoms with Gasteiger partial charge in [0.1, 0.15) is 10.9 Å². The maximum Gasteiger partial charge on any atom is 0.143 e. The highest BCUT2D eigenvalue weighted by Gasteiger charge is 2.16. The van der Waals surface area contributed by atoms with Gasteiger partial charge in [-0.2, -0.15) is 5.10 Å². The molecule has 120 valence electrons. The SMILES string of the molecule is CCC(CN)N=C1CSC(c2ccc3cncc(Br)c3n2)=NN1. The number of amidine groups is 1. The average Bonchev–Trinajstić information content (AvgIpc) is 2.60. The maximum absolute atomic E-state index is 5.69. The number of rotatable bonds is 4. The second-order valence-corrected chi connectivity index (χ2v) is 6.90. The van der Waals surface area contributed by atoms with Crippen LogP contribution in [0, 0.1) is 0 Å². The molecule has 1 aliphatic heterocycles. The van der Waals surface area contributed by atoms with Gasteiger partial charge in [-0.1, -0.05) is 18.7 Å². The molecule has 1 unspecified atom stereocenters. The molecule has 1 atom stereocenters. The third kappa shape index (κ3) is 3.70. The van der Waals surface area contributed by atoms with Crippen LogP contribution in [0.15, 0.2) is 39.1 Å². The summed E-state index contributed by atoms with van der Waals surface area (Å²) in [6.07, 6.45) is 4.47. The van der Waals surface area contributed by atoms with Crippen molar-refractivity contribution in [2.75, 3.05) is 12.3 Å². The van der Waals surface area contributed by atoms with Crippen LogP contribution in [0.5, 0.6) is 0 Å². The molecule has 0 saturated heterocycles. The van der Waals surface area contributed by atoms with Crippen LogP contribution in [0.25, 0.3) is 10.9 Å². The van der Waals surface area contributed by atoms with E-state index in [1.807, 2.05) is 12.1 Å². The number of aliphatic imine (C=N–C) groups is 1. The van der Waals surface area contributed by atoms with E-state index in [0.29, 0.717) is 6.54 Å². The highest BCUT2D eigenvalue weighted by atomic mass is 79.9. The lowest BCUT2D eigenvalue weighted by molar-refractivity contribution is 0.657. The number of pyridine rings is 2. The fourth-order valence-corrected chi connectivity index (χ4v) is 3.39. The summed E-state index contributed by atoms with van der Waals surface area (Å²) in [5.41, 5.74) is 10.4. The van der Waals surface area contributed by atoms with Crippen molar-refractivity contribution in [3.8, 4) is 0 Å². The minimum absolute atomic E-state index is 0.150. The lowest BCUT2D eigenvalue weighted by Gasteiger charge is -2.17. The molecule has 0 aromatic carbocycles. The van der Waals surface area contributed by atoms with Crippen molar-refractivity contribution in [2.45, 2.75) is 19.4 Å². The first-order valence-electron chi connectivity index (χ1n) is 7.35. The Hall–Kier alpha value is -1.51. The maximum atomic E-state index is 5.69. The molecule has 0 radical (unpaired) electrons. The van der Waals surface area contributed by atoms with Gasteiger partial charge in [0, 0.05) is 24.3 Å². The highest BCUT2D eigenvalue weighted by molar-refractivity contribution is 9.10. The first kappa shape index (κ1) is 16.4. The van der Waals surface area contributed by atoms with Crippen molar-refractivity contribution in [3.63, 3.8) is 0 Å². The minimum Gasteiger partial charge on any atom is -0.328 e. The number of nitrogens with one attached hydrogen (secondary N) is 1. The summed E-state index contributed by atoms with van der Waals surface area (Å²) < 4.78 is 0.877. The Bertz CT molecular complexity index is 772. The highest BCUT2D eigenvalue weighted by Crippen LogP contribution is 2.23. The number of fused-ring (bicyclic) bond motifs is 1. The molecule has 8 heteroatoms. The second-order valence-electron chi connectivity index (χ2n) is 5.08. The van der Waals surface area contributed by atoms with E-state index in [-0.39, 0.29) is 6.04 Å². The van der Waals surface area contributed by atoms with Crippen LogP contribution in [-0.2, 0) is 0 Å². The van der Waals surface area contributed by atoms with Gasteiger partial charge in [0.15, 0.2) is 0 Å². The van der Waals surface area contributed by atoms with Crippen molar-refractivity contribution in [1.82, 2.24) is 15.4 Å². The Morgan fingerprint density at radius 2 is 2.30 bits per heavy atom. The first-order chi connectivity index (χ1) is 11.2. The molecule has 3 rings (SSSR count). The molecule has 2 aromatic heterocycles. The van der Waals surface area contributed by atoms with Crippen LogP contribution in [0.3, 0.4) is 0 Å². The molecule has 0 spiro atoms. The van der Waals surface area contributed by atoms with Crippen LogP contribution >= 0.6 is 27.7 Å². The van der Waals surface area contributed by atoms with Gasteiger partial charge in [-0.25, -0.2) is 4.98 Å². The first-order valence-corrected chi connectivity index (χ1v) is 9.13. The van der Waals surface area contributed by atoms with E-state index in [0.717, 1.165) is 44.1 Å². The van der Waals surface area contributed by atoms with E-state index >= 15 is 0 Å². The fraction of sp³-hybridized carbons (Fsp3) is 0.333. The zero-order chi connectivity index (χ0) is 16.2. The van der Waals surface area contributed by atoms with Gasteiger partial charge in [-0.15, -0.1) is 0 Å². The lowest BCUT2D eigenvalue weighted by atomic mass is 10.2. The van der Waals surface area contributed by atoms with E-state index in [9.17, 15) is 0 Å². The van der Waals surface area contributed by atoms with Crippen molar-refractivity contribution in [2.24, 2.45) is 15.8 Å². The minimum atomic E-state index is 0.150. The van der Waals surface area contributed by atoms with E-state index in [4.69, 9.17) is 5.73 Å². The molecule has 3 N–H and O–H groups in total. The number of nitrogens with zero attached hydrogens (tertiary/aromatic N) is 4. The van der Waals surface area contributed by atoms with Gasteiger partial charge in [0.25, 0.3) is 0 Å². The zero-order valence-electron chi connectivity index (χ0n) is 12.7. The summed E-state index contributed by atoms with van der Waals surface area (Å²) >= 11 is 5.11. The van der Waals surface area contributed by atoms with Crippen LogP contribution in [0.4, 0.5) is 0 Å². The van der Waals surface area contributed by atoms with Gasteiger partial charge >= 0.3 is 0 Å². The molecule has 0 bridgehead atoms. The third-order valence-corrected chi connectivity index (χ3v) is 5.06. The van der Waals surface area contributed by atoms with Crippen molar-refractivity contribution >= 4 is 49.5 Å². The van der Waals surface area contributed by atoms with E-state index in [1.54, 1.807) is 24.2 Å². The summed E-state index contributed by atoms with van der Waals surface area (Å²) in [5.74, 6) is 1.61. The number of hydrazone groups is 1. The monoisotopic (exact) mass is 392 g/mol. The molecule has 2 aromatic rings. The predicted molar refractivity (Wildman–Crippen MR) is 99.9 cm³/mol. The number of nitrogens with two attached hydrogens (primary N) is 1. The topological polar surface area (TPSA) is 88.5 Å². The number of halogens is 1. The molecule has 0 amide bonds. The summed E-state index contributed by atoms with van der Waals surface area (Å²) in [6, 6.07) is 4.11. The molecule has 0 fully saturated rings. The predicted octanol–water partition coefficient (Wildman–Crippen LogP) is 2.53. The van der Waals surface area contributed by atoms with Gasteiger partial charge in [0.2, 0.25) is 0 Å². The van der Waals surface area contributed by atoms with E-state index in [1.165, 1.54) is 0 Å². The Kier molecular flexibility index (Phi) is 5.24. The van der Waals surface area contributed by atoms with E-state index in [2.05, 4.69) is 48.3 Å². The van der Waals surface area contributed by atoms with Gasteiger partial charge in [0.05, 0.1) is 27.5 Å². The summed E-state index contributed by atoms with van der Waals surface area (Å²) in [5, 5.41) is 6.25. The van der Waals surface area contributed by atoms with E-state index < -0.39 is 0 Å². The molecule has 6 nitrogen and oxygen atoms in total. The Balaban J connectivity index is 1.84. The smallest absolute Gasteiger partial charge is 0.143 e. The lowest BCUT2D eigenvalue weighted by Crippen LogP contribution is -2.30. The summed E-state index contributed by atoms with van der Waals surface area (Å²) in [4.78, 5) is 13.4. The number of thioether (sulfide) groups is 1. The van der Waals surface area contributed by atoms with Crippen molar-refractivity contribution < 1.29 is 0 Å². The summed E-state index contributed by atoms with van der Waals surface area (Å²) in [6.45, 7) is 2.63. The number of aromatic nitrogens is 2. The fourth-order valence-electron chi connectivity index (χ4n) is 2.17. The Morgan fingerprint density at radius 3 is 3.00 bits per heavy atom. The number of hydrogen-bond acceptors (Lipinski definition) is 6. The number of hydrogen-bond donors (Lipinski definition) is 2. The third-order valence-electron chi connectivity index (χ3n) is 3.49. The van der Waals surface area contributed by atoms with Crippen LogP contribution in [0.2, 0.25) is 0 Å². The quantitative estimate of drug-likeness (QED) is 0.834. The van der Waals surface area contributed by atoms with Crippen LogP contribution < -0.4 is 11.2 Å². The van der Waals surface area contributed by atoms with Crippen LogP contribution in [0.1, 0.15) is 19.0 Å². The zero-order valence-corrected chi connectivity index (χ0v) is 15.1. The second kappa shape index (κ2) is 7.37. The molecular weight excluding hydrogens is 376 g/mol. The van der Waals surface area contributed by atoms with Crippen molar-refractivity contribution in [1.29, 1.82) is 0 Å². The molecule has 23 heavy (non-hydrogen) atoms. The molecule has 0 saturated carbocycles. The summed E-state index contributed by atoms with van der Waals surface area (Å²) in [7, 11) is 0. The van der Waals surface area contributed by atoms with Crippen LogP contribution in [-0.4, -0.2) is 39.2 Å². The molecular formula is C15H17BrN6S. The van der Waals surface area contributed by atoms with Gasteiger partial charge < -0.3 is 5.73 Å². The molecule has 1 aliphatic rings. The largest absolute Gasteiger partial charge is 0.328 e. The van der Waals surface area contributed by atoms with Gasteiger partial charge in [-0.3, -0.25) is 15.4 Å². The molecule has 3 heterocycles. The van der Waals surface area contributed by atoms with Gasteiger partial charge in [-0.05, 0) is 34.5 Å². The standard InChI is InChI=1S/C15H17BrN6S/c1-2-10(5-17)19-13-8-23-15(22-21-13)12-4-3-9-6-18-7-11(16)14(9)20-12/h3-4,6-7,10H,2,5,8,17H2,1H3,(H,19,21).